The number of hydrogen-bond acceptors (Lipinski definition) is 2. The average Bonchev–Trinajstić information content (AvgIpc) is 2.27. The van der Waals surface area contributed by atoms with Gasteiger partial charge in [-0.05, 0) is 37.5 Å². The minimum absolute atomic E-state index is 0.0732. The molecule has 0 aliphatic carbocycles. The lowest BCUT2D eigenvalue weighted by molar-refractivity contribution is -0.121. The maximum absolute atomic E-state index is 11.5. The summed E-state index contributed by atoms with van der Waals surface area (Å²) in [5.41, 5.74) is 2.08. The Kier molecular flexibility index (Phi) is 5.16. The van der Waals surface area contributed by atoms with E-state index in [1.807, 2.05) is 38.1 Å². The van der Waals surface area contributed by atoms with E-state index in [-0.39, 0.29) is 18.6 Å². The van der Waals surface area contributed by atoms with Crippen LogP contribution in [0.5, 0.6) is 0 Å². The van der Waals surface area contributed by atoms with E-state index in [4.69, 9.17) is 4.74 Å². The maximum Gasteiger partial charge on any atom is 0.250 e. The lowest BCUT2D eigenvalue weighted by atomic mass is 10.0. The summed E-state index contributed by atoms with van der Waals surface area (Å²) in [4.78, 5) is 11.5. The molecule has 0 aliphatic heterocycles. The molecule has 1 aromatic carbocycles. The van der Waals surface area contributed by atoms with Crippen LogP contribution in [0.4, 0.5) is 5.69 Å². The standard InChI is InChI=1S/C14H21NO2/c1-10(2)12-5-7-13(8-6-12)15-14(16)9-17-11(3)4/h5-8,10-11H,9H2,1-4H3,(H,15,16). The molecule has 1 N–H and O–H groups in total. The van der Waals surface area contributed by atoms with Gasteiger partial charge in [0.1, 0.15) is 6.61 Å². The number of anilines is 1. The predicted octanol–water partition coefficient (Wildman–Crippen LogP) is 3.17. The van der Waals surface area contributed by atoms with Gasteiger partial charge in [-0.1, -0.05) is 26.0 Å². The number of amides is 1. The topological polar surface area (TPSA) is 38.3 Å². The van der Waals surface area contributed by atoms with Gasteiger partial charge in [-0.3, -0.25) is 4.79 Å². The van der Waals surface area contributed by atoms with Gasteiger partial charge in [0, 0.05) is 5.69 Å². The molecule has 1 amide bonds. The summed E-state index contributed by atoms with van der Waals surface area (Å²) >= 11 is 0. The highest BCUT2D eigenvalue weighted by Gasteiger charge is 2.04. The zero-order valence-electron chi connectivity index (χ0n) is 11.0. The van der Waals surface area contributed by atoms with Gasteiger partial charge in [0.05, 0.1) is 6.10 Å². The van der Waals surface area contributed by atoms with Crippen molar-refractivity contribution in [3.05, 3.63) is 29.8 Å². The number of ether oxygens (including phenoxy) is 1. The molecule has 1 rings (SSSR count). The van der Waals surface area contributed by atoms with E-state index in [1.54, 1.807) is 0 Å². The number of hydrogen-bond donors (Lipinski definition) is 1. The number of benzene rings is 1. The van der Waals surface area contributed by atoms with Gasteiger partial charge in [-0.15, -0.1) is 0 Å². The van der Waals surface area contributed by atoms with Crippen LogP contribution < -0.4 is 5.32 Å². The van der Waals surface area contributed by atoms with E-state index in [9.17, 15) is 4.79 Å². The van der Waals surface area contributed by atoms with Crippen molar-refractivity contribution in [1.82, 2.24) is 0 Å². The van der Waals surface area contributed by atoms with Crippen molar-refractivity contribution in [3.8, 4) is 0 Å². The van der Waals surface area contributed by atoms with Gasteiger partial charge in [-0.25, -0.2) is 0 Å². The van der Waals surface area contributed by atoms with Crippen LogP contribution in [0.15, 0.2) is 24.3 Å². The summed E-state index contributed by atoms with van der Waals surface area (Å²) in [6.07, 6.45) is 0.0732. The fraction of sp³-hybridized carbons (Fsp3) is 0.500. The van der Waals surface area contributed by atoms with Crippen LogP contribution in [0, 0.1) is 0 Å². The zero-order chi connectivity index (χ0) is 12.8. The first-order valence-electron chi connectivity index (χ1n) is 6.00. The fourth-order valence-electron chi connectivity index (χ4n) is 1.39. The van der Waals surface area contributed by atoms with Gasteiger partial charge in [0.15, 0.2) is 0 Å². The Morgan fingerprint density at radius 3 is 2.24 bits per heavy atom. The SMILES string of the molecule is CC(C)OCC(=O)Nc1ccc(C(C)C)cc1. The first-order valence-corrected chi connectivity index (χ1v) is 6.00. The van der Waals surface area contributed by atoms with Crippen molar-refractivity contribution < 1.29 is 9.53 Å². The third kappa shape index (κ3) is 5.00. The Morgan fingerprint density at radius 1 is 1.18 bits per heavy atom. The van der Waals surface area contributed by atoms with E-state index in [2.05, 4.69) is 19.2 Å². The van der Waals surface area contributed by atoms with E-state index < -0.39 is 0 Å². The molecule has 0 unspecified atom stereocenters. The maximum atomic E-state index is 11.5. The second-order valence-electron chi connectivity index (χ2n) is 4.68. The number of carbonyl (C=O) groups is 1. The van der Waals surface area contributed by atoms with E-state index in [0.717, 1.165) is 5.69 Å². The number of carbonyl (C=O) groups excluding carboxylic acids is 1. The smallest absolute Gasteiger partial charge is 0.250 e. The first-order chi connectivity index (χ1) is 7.99. The van der Waals surface area contributed by atoms with Crippen LogP contribution in [0.2, 0.25) is 0 Å². The van der Waals surface area contributed by atoms with Gasteiger partial charge >= 0.3 is 0 Å². The monoisotopic (exact) mass is 235 g/mol. The Labute approximate surface area is 103 Å². The van der Waals surface area contributed by atoms with Gasteiger partial charge in [0.2, 0.25) is 5.91 Å². The van der Waals surface area contributed by atoms with Crippen molar-refractivity contribution in [2.45, 2.75) is 39.7 Å². The molecule has 1 aromatic rings. The van der Waals surface area contributed by atoms with Gasteiger partial charge in [-0.2, -0.15) is 0 Å². The van der Waals surface area contributed by atoms with Crippen molar-refractivity contribution in [2.24, 2.45) is 0 Å². The Hall–Kier alpha value is -1.35. The minimum Gasteiger partial charge on any atom is -0.369 e. The molecule has 3 heteroatoms. The quantitative estimate of drug-likeness (QED) is 0.851. The van der Waals surface area contributed by atoms with Crippen LogP contribution in [-0.2, 0) is 9.53 Å². The summed E-state index contributed by atoms with van der Waals surface area (Å²) in [6, 6.07) is 7.90. The number of nitrogens with one attached hydrogen (secondary N) is 1. The second-order valence-corrected chi connectivity index (χ2v) is 4.68. The van der Waals surface area contributed by atoms with Crippen LogP contribution in [0.3, 0.4) is 0 Å². The summed E-state index contributed by atoms with van der Waals surface area (Å²) in [6.45, 7) is 8.20. The van der Waals surface area contributed by atoms with E-state index in [1.165, 1.54) is 5.56 Å². The molecule has 0 saturated heterocycles. The molecule has 0 spiro atoms. The van der Waals surface area contributed by atoms with Crippen LogP contribution in [-0.4, -0.2) is 18.6 Å². The molecule has 0 aromatic heterocycles. The third-order valence-electron chi connectivity index (χ3n) is 2.41. The normalized spacial score (nSPS) is 10.9. The van der Waals surface area contributed by atoms with Crippen molar-refractivity contribution in [1.29, 1.82) is 0 Å². The molecular formula is C14H21NO2. The summed E-state index contributed by atoms with van der Waals surface area (Å²) < 4.78 is 5.23. The van der Waals surface area contributed by atoms with Crippen molar-refractivity contribution in [2.75, 3.05) is 11.9 Å². The first kappa shape index (κ1) is 13.7. The molecule has 0 bridgehead atoms. The highest BCUT2D eigenvalue weighted by atomic mass is 16.5. The summed E-state index contributed by atoms with van der Waals surface area (Å²) in [5, 5.41) is 2.80. The van der Waals surface area contributed by atoms with Crippen molar-refractivity contribution >= 4 is 11.6 Å². The van der Waals surface area contributed by atoms with Gasteiger partial charge < -0.3 is 10.1 Å². The molecule has 0 saturated carbocycles. The van der Waals surface area contributed by atoms with Crippen LogP contribution in [0.1, 0.15) is 39.2 Å². The van der Waals surface area contributed by atoms with E-state index in [0.29, 0.717) is 5.92 Å². The largest absolute Gasteiger partial charge is 0.369 e. The Bertz CT molecular complexity index is 355. The minimum atomic E-state index is -0.115. The molecule has 3 nitrogen and oxygen atoms in total. The Balaban J connectivity index is 2.48. The average molecular weight is 235 g/mol. The molecule has 0 atom stereocenters. The molecular weight excluding hydrogens is 214 g/mol. The van der Waals surface area contributed by atoms with E-state index >= 15 is 0 Å². The van der Waals surface area contributed by atoms with Crippen molar-refractivity contribution in [3.63, 3.8) is 0 Å². The molecule has 0 aliphatic rings. The zero-order valence-corrected chi connectivity index (χ0v) is 11.0. The highest BCUT2D eigenvalue weighted by molar-refractivity contribution is 5.91. The Morgan fingerprint density at radius 2 is 1.76 bits per heavy atom. The lowest BCUT2D eigenvalue weighted by Gasteiger charge is -2.10. The second kappa shape index (κ2) is 6.40. The molecule has 0 heterocycles. The molecule has 0 radical (unpaired) electrons. The number of rotatable bonds is 5. The molecule has 94 valence electrons. The van der Waals surface area contributed by atoms with Gasteiger partial charge in [0.25, 0.3) is 0 Å². The van der Waals surface area contributed by atoms with Crippen LogP contribution >= 0.6 is 0 Å². The predicted molar refractivity (Wildman–Crippen MR) is 70.2 cm³/mol. The molecule has 0 fully saturated rings. The summed E-state index contributed by atoms with van der Waals surface area (Å²) in [5.74, 6) is 0.389. The highest BCUT2D eigenvalue weighted by Crippen LogP contribution is 2.16. The summed E-state index contributed by atoms with van der Waals surface area (Å²) in [7, 11) is 0. The fourth-order valence-corrected chi connectivity index (χ4v) is 1.39. The van der Waals surface area contributed by atoms with Crippen LogP contribution in [0.25, 0.3) is 0 Å². The third-order valence-corrected chi connectivity index (χ3v) is 2.41. The lowest BCUT2D eigenvalue weighted by Crippen LogP contribution is -2.20. The molecule has 17 heavy (non-hydrogen) atoms.